The molecule has 0 saturated carbocycles. The van der Waals surface area contributed by atoms with Crippen LogP contribution in [0.2, 0.25) is 0 Å². The van der Waals surface area contributed by atoms with Crippen molar-refractivity contribution in [1.82, 2.24) is 10.2 Å². The maximum absolute atomic E-state index is 6.59. The van der Waals surface area contributed by atoms with Crippen LogP contribution in [0.5, 0.6) is 34.5 Å². The molecule has 3 aliphatic rings. The standard InChI is InChI=1S/C24H30N2O6/c1-14-22(15-9-20(27-2)23(29-4)21(10-15)28-3)16-11-18-19(31-13-30-18)12-17(16)32-24(14)26-7-5-25-6-8-26/h9-12,14,22,24-25H,5-8,13H2,1-4H3/t14-,22-,24-/m0/s1. The second kappa shape index (κ2) is 8.60. The van der Waals surface area contributed by atoms with Gasteiger partial charge in [-0.05, 0) is 23.8 Å². The fourth-order valence-electron chi connectivity index (χ4n) is 5.08. The summed E-state index contributed by atoms with van der Waals surface area (Å²) in [5, 5.41) is 3.43. The van der Waals surface area contributed by atoms with Crippen molar-refractivity contribution in [2.45, 2.75) is 19.1 Å². The topological polar surface area (TPSA) is 70.7 Å². The summed E-state index contributed by atoms with van der Waals surface area (Å²) in [5.74, 6) is 4.38. The molecule has 0 radical (unpaired) electrons. The van der Waals surface area contributed by atoms with E-state index in [4.69, 9.17) is 28.4 Å². The number of benzene rings is 2. The summed E-state index contributed by atoms with van der Waals surface area (Å²) in [6.45, 7) is 6.26. The average molecular weight is 443 g/mol. The molecule has 32 heavy (non-hydrogen) atoms. The zero-order valence-corrected chi connectivity index (χ0v) is 19.0. The van der Waals surface area contributed by atoms with E-state index in [1.807, 2.05) is 18.2 Å². The molecule has 2 aromatic rings. The monoisotopic (exact) mass is 442 g/mol. The van der Waals surface area contributed by atoms with Crippen LogP contribution in [-0.2, 0) is 0 Å². The van der Waals surface area contributed by atoms with Crippen molar-refractivity contribution < 1.29 is 28.4 Å². The fourth-order valence-corrected chi connectivity index (χ4v) is 5.08. The Kier molecular flexibility index (Phi) is 5.65. The highest BCUT2D eigenvalue weighted by atomic mass is 16.7. The van der Waals surface area contributed by atoms with E-state index in [9.17, 15) is 0 Å². The molecular weight excluding hydrogens is 412 g/mol. The first-order chi connectivity index (χ1) is 15.6. The van der Waals surface area contributed by atoms with Gasteiger partial charge in [-0.1, -0.05) is 6.92 Å². The predicted octanol–water partition coefficient (Wildman–Crippen LogP) is 2.83. The quantitative estimate of drug-likeness (QED) is 0.758. The van der Waals surface area contributed by atoms with Crippen LogP contribution in [0.15, 0.2) is 24.3 Å². The predicted molar refractivity (Wildman–Crippen MR) is 119 cm³/mol. The van der Waals surface area contributed by atoms with Gasteiger partial charge < -0.3 is 33.7 Å². The zero-order valence-electron chi connectivity index (χ0n) is 19.0. The van der Waals surface area contributed by atoms with Crippen LogP contribution in [0.25, 0.3) is 0 Å². The van der Waals surface area contributed by atoms with Gasteiger partial charge in [-0.2, -0.15) is 0 Å². The van der Waals surface area contributed by atoms with Crippen LogP contribution < -0.4 is 33.7 Å². The van der Waals surface area contributed by atoms with Crippen LogP contribution in [0.4, 0.5) is 0 Å². The van der Waals surface area contributed by atoms with E-state index in [1.165, 1.54) is 0 Å². The molecule has 2 aromatic carbocycles. The van der Waals surface area contributed by atoms with E-state index in [0.29, 0.717) is 17.2 Å². The Morgan fingerprint density at radius 3 is 2.16 bits per heavy atom. The normalized spacial score (nSPS) is 24.4. The van der Waals surface area contributed by atoms with Gasteiger partial charge in [0, 0.05) is 49.6 Å². The highest BCUT2D eigenvalue weighted by Crippen LogP contribution is 2.51. The average Bonchev–Trinajstić information content (AvgIpc) is 3.29. The Morgan fingerprint density at radius 1 is 0.875 bits per heavy atom. The van der Waals surface area contributed by atoms with E-state index in [-0.39, 0.29) is 24.9 Å². The van der Waals surface area contributed by atoms with Crippen molar-refractivity contribution in [3.05, 3.63) is 35.4 Å². The number of fused-ring (bicyclic) bond motifs is 2. The molecule has 0 amide bonds. The molecule has 0 bridgehead atoms. The Hall–Kier alpha value is -2.84. The largest absolute Gasteiger partial charge is 0.493 e. The van der Waals surface area contributed by atoms with Crippen LogP contribution >= 0.6 is 0 Å². The highest BCUT2D eigenvalue weighted by Gasteiger charge is 2.41. The Labute approximate surface area is 188 Å². The van der Waals surface area contributed by atoms with Gasteiger partial charge in [0.1, 0.15) is 5.75 Å². The number of nitrogens with zero attached hydrogens (tertiary/aromatic N) is 1. The Morgan fingerprint density at radius 2 is 1.53 bits per heavy atom. The number of rotatable bonds is 5. The third-order valence-corrected chi connectivity index (χ3v) is 6.62. The van der Waals surface area contributed by atoms with Crippen molar-refractivity contribution in [2.24, 2.45) is 5.92 Å². The number of ether oxygens (including phenoxy) is 6. The summed E-state index contributed by atoms with van der Waals surface area (Å²) < 4.78 is 34.8. The summed E-state index contributed by atoms with van der Waals surface area (Å²) in [7, 11) is 4.90. The lowest BCUT2D eigenvalue weighted by Gasteiger charge is -2.44. The lowest BCUT2D eigenvalue weighted by atomic mass is 9.77. The first kappa shape index (κ1) is 21.0. The summed E-state index contributed by atoms with van der Waals surface area (Å²) in [6.07, 6.45) is -0.0611. The Balaban J connectivity index is 1.64. The van der Waals surface area contributed by atoms with Gasteiger partial charge in [-0.25, -0.2) is 0 Å². The van der Waals surface area contributed by atoms with Crippen molar-refractivity contribution in [3.63, 3.8) is 0 Å². The van der Waals surface area contributed by atoms with E-state index in [0.717, 1.165) is 54.6 Å². The molecule has 8 heteroatoms. The lowest BCUT2D eigenvalue weighted by Crippen LogP contribution is -2.54. The van der Waals surface area contributed by atoms with E-state index in [2.05, 4.69) is 23.2 Å². The summed E-state index contributed by atoms with van der Waals surface area (Å²) in [6, 6.07) is 8.09. The van der Waals surface area contributed by atoms with Crippen LogP contribution in [0.3, 0.4) is 0 Å². The van der Waals surface area contributed by atoms with Gasteiger partial charge >= 0.3 is 0 Å². The summed E-state index contributed by atoms with van der Waals surface area (Å²) >= 11 is 0. The van der Waals surface area contributed by atoms with Crippen molar-refractivity contribution in [2.75, 3.05) is 54.3 Å². The van der Waals surface area contributed by atoms with Crippen molar-refractivity contribution in [1.29, 1.82) is 0 Å². The maximum atomic E-state index is 6.59. The summed E-state index contributed by atoms with van der Waals surface area (Å²) in [5.41, 5.74) is 2.15. The third-order valence-electron chi connectivity index (χ3n) is 6.62. The molecule has 3 atom stereocenters. The van der Waals surface area contributed by atoms with Gasteiger partial charge in [-0.15, -0.1) is 0 Å². The number of methoxy groups -OCH3 is 3. The number of hydrogen-bond donors (Lipinski definition) is 1. The summed E-state index contributed by atoms with van der Waals surface area (Å²) in [4.78, 5) is 2.42. The van der Waals surface area contributed by atoms with Gasteiger partial charge in [-0.3, -0.25) is 4.90 Å². The molecule has 0 aromatic heterocycles. The molecule has 8 nitrogen and oxygen atoms in total. The molecule has 3 aliphatic heterocycles. The van der Waals surface area contributed by atoms with Gasteiger partial charge in [0.15, 0.2) is 29.2 Å². The molecule has 0 spiro atoms. The molecule has 1 N–H and O–H groups in total. The van der Waals surface area contributed by atoms with E-state index >= 15 is 0 Å². The molecule has 5 rings (SSSR count). The molecule has 0 unspecified atom stereocenters. The first-order valence-electron chi connectivity index (χ1n) is 11.0. The second-order valence-electron chi connectivity index (χ2n) is 8.33. The fraction of sp³-hybridized carbons (Fsp3) is 0.500. The molecule has 1 saturated heterocycles. The maximum Gasteiger partial charge on any atom is 0.231 e. The zero-order chi connectivity index (χ0) is 22.2. The van der Waals surface area contributed by atoms with Crippen LogP contribution in [-0.4, -0.2) is 65.4 Å². The number of hydrogen-bond acceptors (Lipinski definition) is 8. The third kappa shape index (κ3) is 3.47. The van der Waals surface area contributed by atoms with Gasteiger partial charge in [0.05, 0.1) is 21.3 Å². The SMILES string of the molecule is COc1cc([C@H]2c3cc4c(cc3O[C@H](N3CCNCC3)[C@H]2C)OCO4)cc(OC)c1OC. The molecule has 0 aliphatic carbocycles. The van der Waals surface area contributed by atoms with Gasteiger partial charge in [0.2, 0.25) is 12.5 Å². The first-order valence-corrected chi connectivity index (χ1v) is 11.0. The number of nitrogens with one attached hydrogen (secondary N) is 1. The minimum Gasteiger partial charge on any atom is -0.493 e. The van der Waals surface area contributed by atoms with Crippen LogP contribution in [0, 0.1) is 5.92 Å². The van der Waals surface area contributed by atoms with E-state index < -0.39 is 0 Å². The minimum absolute atomic E-state index is 0.0434. The smallest absolute Gasteiger partial charge is 0.231 e. The van der Waals surface area contributed by atoms with Crippen molar-refractivity contribution >= 4 is 0 Å². The highest BCUT2D eigenvalue weighted by molar-refractivity contribution is 5.60. The van der Waals surface area contributed by atoms with Crippen LogP contribution in [0.1, 0.15) is 24.0 Å². The molecule has 1 fully saturated rings. The molecule has 172 valence electrons. The van der Waals surface area contributed by atoms with E-state index in [1.54, 1.807) is 21.3 Å². The lowest BCUT2D eigenvalue weighted by molar-refractivity contribution is -0.0368. The molecular formula is C24H30N2O6. The second-order valence-corrected chi connectivity index (χ2v) is 8.33. The number of piperazine rings is 1. The molecule has 3 heterocycles. The van der Waals surface area contributed by atoms with Crippen molar-refractivity contribution in [3.8, 4) is 34.5 Å². The Bertz CT molecular complexity index is 966. The van der Waals surface area contributed by atoms with Gasteiger partial charge in [0.25, 0.3) is 0 Å². The minimum atomic E-state index is -0.0611.